The molecular formula is C12H17N. The van der Waals surface area contributed by atoms with Gasteiger partial charge in [0.2, 0.25) is 0 Å². The Hall–Kier alpha value is -0.820. The van der Waals surface area contributed by atoms with Crippen molar-refractivity contribution in [1.29, 1.82) is 0 Å². The van der Waals surface area contributed by atoms with Crippen molar-refractivity contribution in [3.63, 3.8) is 0 Å². The van der Waals surface area contributed by atoms with Crippen LogP contribution >= 0.6 is 0 Å². The third-order valence-electron chi connectivity index (χ3n) is 2.55. The Balaban J connectivity index is 1.88. The summed E-state index contributed by atoms with van der Waals surface area (Å²) in [6, 6.07) is 10.7. The molecule has 70 valence electrons. The molecule has 0 spiro atoms. The summed E-state index contributed by atoms with van der Waals surface area (Å²) in [7, 11) is 0. The Bertz CT molecular complexity index is 268. The van der Waals surface area contributed by atoms with Gasteiger partial charge < -0.3 is 0 Å². The van der Waals surface area contributed by atoms with Crippen molar-refractivity contribution in [2.45, 2.75) is 20.4 Å². The van der Waals surface area contributed by atoms with Crippen LogP contribution in [0.2, 0.25) is 0 Å². The zero-order chi connectivity index (χ0) is 9.31. The summed E-state index contributed by atoms with van der Waals surface area (Å²) in [6.45, 7) is 8.25. The fourth-order valence-corrected chi connectivity index (χ4v) is 2.12. The first-order valence-corrected chi connectivity index (χ1v) is 4.92. The van der Waals surface area contributed by atoms with E-state index in [1.807, 2.05) is 0 Å². The van der Waals surface area contributed by atoms with Gasteiger partial charge >= 0.3 is 0 Å². The first kappa shape index (κ1) is 8.76. The molecule has 1 fully saturated rings. The summed E-state index contributed by atoms with van der Waals surface area (Å²) in [6.07, 6.45) is 0. The minimum absolute atomic E-state index is 0.550. The molecule has 2 rings (SSSR count). The highest BCUT2D eigenvalue weighted by molar-refractivity contribution is 5.15. The fourth-order valence-electron chi connectivity index (χ4n) is 2.12. The molecule has 1 heteroatoms. The molecule has 0 atom stereocenters. The normalized spacial score (nSPS) is 21.1. The predicted molar refractivity (Wildman–Crippen MR) is 55.5 cm³/mol. The van der Waals surface area contributed by atoms with Crippen LogP contribution in [0.4, 0.5) is 0 Å². The summed E-state index contributed by atoms with van der Waals surface area (Å²) in [5, 5.41) is 0. The summed E-state index contributed by atoms with van der Waals surface area (Å²) >= 11 is 0. The SMILES string of the molecule is CC1(C)CN(Cc2ccccc2)C1. The Kier molecular flexibility index (Phi) is 2.12. The van der Waals surface area contributed by atoms with E-state index in [9.17, 15) is 0 Å². The molecule has 1 nitrogen and oxygen atoms in total. The van der Waals surface area contributed by atoms with Crippen LogP contribution in [0.3, 0.4) is 0 Å². The van der Waals surface area contributed by atoms with Gasteiger partial charge in [0.05, 0.1) is 0 Å². The average molecular weight is 175 g/mol. The molecule has 1 aromatic rings. The van der Waals surface area contributed by atoms with Crippen LogP contribution < -0.4 is 0 Å². The fraction of sp³-hybridized carbons (Fsp3) is 0.500. The van der Waals surface area contributed by atoms with Crippen molar-refractivity contribution >= 4 is 0 Å². The van der Waals surface area contributed by atoms with Gasteiger partial charge in [-0.3, -0.25) is 4.90 Å². The van der Waals surface area contributed by atoms with E-state index in [4.69, 9.17) is 0 Å². The minimum Gasteiger partial charge on any atom is -0.298 e. The molecular weight excluding hydrogens is 158 g/mol. The van der Waals surface area contributed by atoms with Gasteiger partial charge in [-0.1, -0.05) is 44.2 Å². The van der Waals surface area contributed by atoms with Gasteiger partial charge in [0, 0.05) is 19.6 Å². The van der Waals surface area contributed by atoms with Crippen molar-refractivity contribution in [1.82, 2.24) is 4.90 Å². The third kappa shape index (κ3) is 2.10. The second-order valence-corrected chi connectivity index (χ2v) is 4.79. The van der Waals surface area contributed by atoms with Crippen LogP contribution in [0.15, 0.2) is 30.3 Å². The molecule has 1 saturated heterocycles. The second kappa shape index (κ2) is 3.15. The minimum atomic E-state index is 0.550. The lowest BCUT2D eigenvalue weighted by Crippen LogP contribution is -2.52. The van der Waals surface area contributed by atoms with Crippen LogP contribution in [0.25, 0.3) is 0 Å². The Morgan fingerprint density at radius 3 is 2.31 bits per heavy atom. The van der Waals surface area contributed by atoms with Crippen molar-refractivity contribution in [2.24, 2.45) is 5.41 Å². The Morgan fingerprint density at radius 2 is 1.77 bits per heavy atom. The van der Waals surface area contributed by atoms with Gasteiger partial charge in [-0.25, -0.2) is 0 Å². The molecule has 0 unspecified atom stereocenters. The van der Waals surface area contributed by atoms with E-state index in [1.165, 1.54) is 18.7 Å². The maximum atomic E-state index is 2.50. The molecule has 0 bridgehead atoms. The highest BCUT2D eigenvalue weighted by Gasteiger charge is 2.33. The second-order valence-electron chi connectivity index (χ2n) is 4.79. The molecule has 0 aliphatic carbocycles. The van der Waals surface area contributed by atoms with Crippen molar-refractivity contribution in [3.05, 3.63) is 35.9 Å². The maximum absolute atomic E-state index is 2.50. The van der Waals surface area contributed by atoms with E-state index in [0.717, 1.165) is 6.54 Å². The summed E-state index contributed by atoms with van der Waals surface area (Å²) in [4.78, 5) is 2.50. The summed E-state index contributed by atoms with van der Waals surface area (Å²) in [5.41, 5.74) is 1.98. The van der Waals surface area contributed by atoms with Crippen LogP contribution in [-0.4, -0.2) is 18.0 Å². The molecule has 0 aromatic heterocycles. The lowest BCUT2D eigenvalue weighted by molar-refractivity contribution is 0.0242. The maximum Gasteiger partial charge on any atom is 0.0234 e. The quantitative estimate of drug-likeness (QED) is 0.667. The Morgan fingerprint density at radius 1 is 1.15 bits per heavy atom. The van der Waals surface area contributed by atoms with Crippen molar-refractivity contribution in [2.75, 3.05) is 13.1 Å². The standard InChI is InChI=1S/C12H17N/c1-12(2)9-13(10-12)8-11-6-4-3-5-7-11/h3-7H,8-10H2,1-2H3. The molecule has 1 aliphatic rings. The van der Waals surface area contributed by atoms with Crippen LogP contribution in [0.1, 0.15) is 19.4 Å². The highest BCUT2D eigenvalue weighted by atomic mass is 15.2. The number of hydrogen-bond acceptors (Lipinski definition) is 1. The van der Waals surface area contributed by atoms with Crippen molar-refractivity contribution < 1.29 is 0 Å². The smallest absolute Gasteiger partial charge is 0.0234 e. The van der Waals surface area contributed by atoms with Crippen molar-refractivity contribution in [3.8, 4) is 0 Å². The van der Waals surface area contributed by atoms with E-state index in [1.54, 1.807) is 0 Å². The predicted octanol–water partition coefficient (Wildman–Crippen LogP) is 2.53. The number of likely N-dealkylation sites (tertiary alicyclic amines) is 1. The number of benzene rings is 1. The zero-order valence-electron chi connectivity index (χ0n) is 8.46. The summed E-state index contributed by atoms with van der Waals surface area (Å²) in [5.74, 6) is 0. The molecule has 0 amide bonds. The van der Waals surface area contributed by atoms with Gasteiger partial charge in [-0.05, 0) is 11.0 Å². The Labute approximate surface area is 80.4 Å². The van der Waals surface area contributed by atoms with Gasteiger partial charge in [0.15, 0.2) is 0 Å². The highest BCUT2D eigenvalue weighted by Crippen LogP contribution is 2.29. The van der Waals surface area contributed by atoms with Gasteiger partial charge in [-0.15, -0.1) is 0 Å². The van der Waals surface area contributed by atoms with E-state index in [-0.39, 0.29) is 0 Å². The van der Waals surface area contributed by atoms with Gasteiger partial charge in [0.1, 0.15) is 0 Å². The molecule has 13 heavy (non-hydrogen) atoms. The molecule has 0 radical (unpaired) electrons. The van der Waals surface area contributed by atoms with Crippen LogP contribution in [-0.2, 0) is 6.54 Å². The molecule has 1 aliphatic heterocycles. The van der Waals surface area contributed by atoms with Gasteiger partial charge in [0.25, 0.3) is 0 Å². The molecule has 1 aromatic carbocycles. The van der Waals surface area contributed by atoms with E-state index < -0.39 is 0 Å². The first-order valence-electron chi connectivity index (χ1n) is 4.92. The molecule has 0 saturated carbocycles. The molecule has 1 heterocycles. The number of nitrogens with zero attached hydrogens (tertiary/aromatic N) is 1. The topological polar surface area (TPSA) is 3.24 Å². The lowest BCUT2D eigenvalue weighted by atomic mass is 9.84. The van der Waals surface area contributed by atoms with E-state index >= 15 is 0 Å². The monoisotopic (exact) mass is 175 g/mol. The largest absolute Gasteiger partial charge is 0.298 e. The van der Waals surface area contributed by atoms with E-state index in [0.29, 0.717) is 5.41 Å². The third-order valence-corrected chi connectivity index (χ3v) is 2.55. The number of hydrogen-bond donors (Lipinski definition) is 0. The van der Waals surface area contributed by atoms with E-state index in [2.05, 4.69) is 49.1 Å². The van der Waals surface area contributed by atoms with Gasteiger partial charge in [-0.2, -0.15) is 0 Å². The van der Waals surface area contributed by atoms with Crippen LogP contribution in [0.5, 0.6) is 0 Å². The lowest BCUT2D eigenvalue weighted by Gasteiger charge is -2.46. The zero-order valence-corrected chi connectivity index (χ0v) is 8.46. The van der Waals surface area contributed by atoms with Crippen LogP contribution in [0, 0.1) is 5.41 Å². The summed E-state index contributed by atoms with van der Waals surface area (Å²) < 4.78 is 0. The molecule has 0 N–H and O–H groups in total. The number of rotatable bonds is 2. The first-order chi connectivity index (χ1) is 6.16. The average Bonchev–Trinajstić information content (AvgIpc) is 2.03.